The van der Waals surface area contributed by atoms with Crippen LogP contribution in [0.15, 0.2) is 36.4 Å². The summed E-state index contributed by atoms with van der Waals surface area (Å²) in [6.07, 6.45) is 0. The molecule has 1 N–H and O–H groups in total. The minimum absolute atomic E-state index is 0.554. The van der Waals surface area contributed by atoms with E-state index in [1.165, 1.54) is 0 Å². The van der Waals surface area contributed by atoms with Crippen LogP contribution in [0.25, 0.3) is 0 Å². The van der Waals surface area contributed by atoms with Gasteiger partial charge in [-0.15, -0.1) is 11.3 Å². The number of thiophene rings is 1. The highest BCUT2D eigenvalue weighted by atomic mass is 32.1. The quantitative estimate of drug-likeness (QED) is 0.898. The summed E-state index contributed by atoms with van der Waals surface area (Å²) >= 11 is 1.65. The lowest BCUT2D eigenvalue weighted by atomic mass is 9.92. The van der Waals surface area contributed by atoms with E-state index in [4.69, 9.17) is 0 Å². The number of hydrogen-bond donors (Lipinski definition) is 1. The first kappa shape index (κ1) is 11.9. The van der Waals surface area contributed by atoms with Crippen molar-refractivity contribution < 1.29 is 9.90 Å². The maximum absolute atomic E-state index is 11.5. The van der Waals surface area contributed by atoms with Gasteiger partial charge < -0.3 is 5.11 Å². The van der Waals surface area contributed by atoms with Gasteiger partial charge >= 0.3 is 5.97 Å². The molecule has 0 fully saturated rings. The van der Waals surface area contributed by atoms with E-state index in [1.807, 2.05) is 50.2 Å². The third-order valence-electron chi connectivity index (χ3n) is 2.77. The van der Waals surface area contributed by atoms with Crippen LogP contribution in [0, 0.1) is 13.8 Å². The second kappa shape index (κ2) is 4.72. The third-order valence-corrected chi connectivity index (χ3v) is 3.75. The van der Waals surface area contributed by atoms with Gasteiger partial charge in [0.25, 0.3) is 0 Å². The SMILES string of the molecule is Cc1cc(C(C(=O)O)c2ccccc2)c(C)s1. The molecule has 0 saturated carbocycles. The number of carboxylic acid groups (broad SMARTS) is 1. The molecule has 1 aromatic heterocycles. The van der Waals surface area contributed by atoms with E-state index in [2.05, 4.69) is 0 Å². The zero-order valence-corrected chi connectivity index (χ0v) is 10.6. The Bertz CT molecular complexity index is 528. The molecule has 2 nitrogen and oxygen atoms in total. The minimum Gasteiger partial charge on any atom is -0.481 e. The summed E-state index contributed by atoms with van der Waals surface area (Å²) in [7, 11) is 0. The smallest absolute Gasteiger partial charge is 0.315 e. The summed E-state index contributed by atoms with van der Waals surface area (Å²) in [6, 6.07) is 11.4. The average Bonchev–Trinajstić information content (AvgIpc) is 2.59. The molecule has 1 heterocycles. The van der Waals surface area contributed by atoms with Gasteiger partial charge in [0.15, 0.2) is 0 Å². The Labute approximate surface area is 105 Å². The fraction of sp³-hybridized carbons (Fsp3) is 0.214. The van der Waals surface area contributed by atoms with Crippen LogP contribution in [-0.4, -0.2) is 11.1 Å². The molecule has 2 aromatic rings. The summed E-state index contributed by atoms with van der Waals surface area (Å²) in [5.74, 6) is -1.35. The van der Waals surface area contributed by atoms with Crippen LogP contribution in [-0.2, 0) is 4.79 Å². The predicted molar refractivity (Wildman–Crippen MR) is 69.7 cm³/mol. The monoisotopic (exact) mass is 246 g/mol. The van der Waals surface area contributed by atoms with Gasteiger partial charge in [-0.3, -0.25) is 4.79 Å². The van der Waals surface area contributed by atoms with Crippen molar-refractivity contribution in [3.05, 3.63) is 57.3 Å². The van der Waals surface area contributed by atoms with Crippen LogP contribution in [0.2, 0.25) is 0 Å². The van der Waals surface area contributed by atoms with Gasteiger partial charge in [-0.2, -0.15) is 0 Å². The van der Waals surface area contributed by atoms with E-state index in [0.717, 1.165) is 20.9 Å². The highest BCUT2D eigenvalue weighted by molar-refractivity contribution is 7.12. The molecular formula is C14H14O2S. The number of benzene rings is 1. The van der Waals surface area contributed by atoms with E-state index in [1.54, 1.807) is 11.3 Å². The average molecular weight is 246 g/mol. The van der Waals surface area contributed by atoms with Crippen molar-refractivity contribution >= 4 is 17.3 Å². The Kier molecular flexibility index (Phi) is 3.29. The lowest BCUT2D eigenvalue weighted by Crippen LogP contribution is -2.13. The van der Waals surface area contributed by atoms with Gasteiger partial charge in [0.2, 0.25) is 0 Å². The molecule has 0 amide bonds. The fourth-order valence-electron chi connectivity index (χ4n) is 2.04. The zero-order chi connectivity index (χ0) is 12.4. The minimum atomic E-state index is -0.794. The van der Waals surface area contributed by atoms with Gasteiger partial charge in [0.1, 0.15) is 5.92 Å². The van der Waals surface area contributed by atoms with Crippen molar-refractivity contribution in [2.75, 3.05) is 0 Å². The summed E-state index contributed by atoms with van der Waals surface area (Å²) in [4.78, 5) is 13.7. The van der Waals surface area contributed by atoms with Gasteiger partial charge in [0, 0.05) is 9.75 Å². The first-order valence-corrected chi connectivity index (χ1v) is 6.26. The van der Waals surface area contributed by atoms with Crippen molar-refractivity contribution in [3.8, 4) is 0 Å². The molecule has 0 aliphatic heterocycles. The maximum atomic E-state index is 11.5. The topological polar surface area (TPSA) is 37.3 Å². The zero-order valence-electron chi connectivity index (χ0n) is 9.81. The standard InChI is InChI=1S/C14H14O2S/c1-9-8-12(10(2)17-9)13(14(15)16)11-6-4-3-5-7-11/h3-8,13H,1-2H3,(H,15,16). The molecule has 88 valence electrons. The number of carboxylic acids is 1. The van der Waals surface area contributed by atoms with Crippen molar-refractivity contribution in [2.24, 2.45) is 0 Å². The van der Waals surface area contributed by atoms with Crippen LogP contribution < -0.4 is 0 Å². The van der Waals surface area contributed by atoms with Crippen LogP contribution in [0.3, 0.4) is 0 Å². The molecule has 2 rings (SSSR count). The predicted octanol–water partition coefficient (Wildman–Crippen LogP) is 3.58. The fourth-order valence-corrected chi connectivity index (χ4v) is 3.00. The number of hydrogen-bond acceptors (Lipinski definition) is 2. The lowest BCUT2D eigenvalue weighted by Gasteiger charge is -2.12. The Balaban J connectivity index is 2.50. The largest absolute Gasteiger partial charge is 0.481 e. The first-order valence-electron chi connectivity index (χ1n) is 5.44. The molecular weight excluding hydrogens is 232 g/mol. The Morgan fingerprint density at radius 2 is 1.88 bits per heavy atom. The van der Waals surface area contributed by atoms with Crippen molar-refractivity contribution in [1.29, 1.82) is 0 Å². The van der Waals surface area contributed by atoms with E-state index in [0.29, 0.717) is 0 Å². The Hall–Kier alpha value is -1.61. The molecule has 1 atom stereocenters. The molecule has 0 saturated heterocycles. The number of aliphatic carboxylic acids is 1. The van der Waals surface area contributed by atoms with Crippen LogP contribution in [0.1, 0.15) is 26.8 Å². The maximum Gasteiger partial charge on any atom is 0.315 e. The molecule has 0 aliphatic rings. The number of carbonyl (C=O) groups is 1. The summed E-state index contributed by atoms with van der Waals surface area (Å²) in [5, 5.41) is 9.42. The third kappa shape index (κ3) is 2.39. The van der Waals surface area contributed by atoms with E-state index >= 15 is 0 Å². The summed E-state index contributed by atoms with van der Waals surface area (Å²) < 4.78 is 0. The van der Waals surface area contributed by atoms with E-state index in [-0.39, 0.29) is 0 Å². The number of rotatable bonds is 3. The highest BCUT2D eigenvalue weighted by Crippen LogP contribution is 2.32. The molecule has 17 heavy (non-hydrogen) atoms. The van der Waals surface area contributed by atoms with Crippen molar-refractivity contribution in [2.45, 2.75) is 19.8 Å². The molecule has 1 unspecified atom stereocenters. The molecule has 1 aromatic carbocycles. The Morgan fingerprint density at radius 1 is 1.24 bits per heavy atom. The normalized spacial score (nSPS) is 12.4. The van der Waals surface area contributed by atoms with Crippen LogP contribution in [0.5, 0.6) is 0 Å². The van der Waals surface area contributed by atoms with Crippen molar-refractivity contribution in [3.63, 3.8) is 0 Å². The van der Waals surface area contributed by atoms with Crippen LogP contribution in [0.4, 0.5) is 0 Å². The Morgan fingerprint density at radius 3 is 2.35 bits per heavy atom. The second-order valence-electron chi connectivity index (χ2n) is 4.05. The molecule has 0 bridgehead atoms. The second-order valence-corrected chi connectivity index (χ2v) is 5.51. The van der Waals surface area contributed by atoms with Gasteiger partial charge in [0.05, 0.1) is 0 Å². The lowest BCUT2D eigenvalue weighted by molar-refractivity contribution is -0.137. The highest BCUT2D eigenvalue weighted by Gasteiger charge is 2.24. The van der Waals surface area contributed by atoms with E-state index < -0.39 is 11.9 Å². The van der Waals surface area contributed by atoms with Crippen LogP contribution >= 0.6 is 11.3 Å². The molecule has 0 radical (unpaired) electrons. The summed E-state index contributed by atoms with van der Waals surface area (Å²) in [6.45, 7) is 3.98. The molecule has 0 spiro atoms. The first-order chi connectivity index (χ1) is 8.09. The number of aryl methyl sites for hydroxylation is 2. The summed E-state index contributed by atoms with van der Waals surface area (Å²) in [5.41, 5.74) is 1.74. The van der Waals surface area contributed by atoms with Gasteiger partial charge in [-0.05, 0) is 31.0 Å². The van der Waals surface area contributed by atoms with Gasteiger partial charge in [-0.1, -0.05) is 30.3 Å². The van der Waals surface area contributed by atoms with Crippen molar-refractivity contribution in [1.82, 2.24) is 0 Å². The van der Waals surface area contributed by atoms with E-state index in [9.17, 15) is 9.90 Å². The van der Waals surface area contributed by atoms with Gasteiger partial charge in [-0.25, -0.2) is 0 Å². The molecule has 3 heteroatoms. The molecule has 0 aliphatic carbocycles.